The van der Waals surface area contributed by atoms with Crippen molar-refractivity contribution in [3.63, 3.8) is 0 Å². The summed E-state index contributed by atoms with van der Waals surface area (Å²) in [5.41, 5.74) is 3.03. The van der Waals surface area contributed by atoms with Gasteiger partial charge in [0.15, 0.2) is 17.4 Å². The average Bonchev–Trinajstić information content (AvgIpc) is 3.43. The van der Waals surface area contributed by atoms with Crippen molar-refractivity contribution in [3.05, 3.63) is 16.7 Å². The molecule has 1 saturated heterocycles. The molecule has 7 N–H and O–H groups in total. The largest absolute Gasteiger partial charge is 0.468 e. The van der Waals surface area contributed by atoms with Crippen molar-refractivity contribution in [1.82, 2.24) is 29.7 Å². The Morgan fingerprint density at radius 2 is 1.70 bits per heavy atom. The first kappa shape index (κ1) is 34.6. The molecule has 2 aromatic rings. The molecule has 2 unspecified atom stereocenters. The number of fused-ring (bicyclic) bond motifs is 1. The lowest BCUT2D eigenvalue weighted by molar-refractivity contribution is -0.143. The van der Waals surface area contributed by atoms with E-state index in [1.807, 2.05) is 27.7 Å². The van der Waals surface area contributed by atoms with Crippen molar-refractivity contribution in [1.29, 1.82) is 0 Å². The fraction of sp³-hybridized carbons (Fsp3) is 0.720. The highest BCUT2D eigenvalue weighted by Crippen LogP contribution is 2.44. The molecule has 43 heavy (non-hydrogen) atoms. The monoisotopic (exact) mass is 631 g/mol. The number of H-pyrrole nitrogens is 1. The Balaban J connectivity index is 1.92. The second-order valence-corrected chi connectivity index (χ2v) is 13.4. The number of carbonyl (C=O) groups is 2. The number of carbonyl (C=O) groups excluding carboxylic acids is 2. The number of aliphatic hydroxyl groups excluding tert-OH is 1. The van der Waals surface area contributed by atoms with Crippen LogP contribution in [0.5, 0.6) is 0 Å². The van der Waals surface area contributed by atoms with E-state index < -0.39 is 67.9 Å². The minimum absolute atomic E-state index is 0.00138. The summed E-state index contributed by atoms with van der Waals surface area (Å²) in [5, 5.41) is 27.7. The first-order valence-corrected chi connectivity index (χ1v) is 15.4. The zero-order valence-corrected chi connectivity index (χ0v) is 26.2. The maximum atomic E-state index is 14.3. The highest BCUT2D eigenvalue weighted by molar-refractivity contribution is 7.54. The number of aromatic nitrogens is 4. The van der Waals surface area contributed by atoms with Gasteiger partial charge in [-0.2, -0.15) is 4.98 Å². The minimum atomic E-state index is -4.30. The molecule has 1 fully saturated rings. The molecule has 0 saturated carbocycles. The van der Waals surface area contributed by atoms with Gasteiger partial charge < -0.3 is 34.7 Å². The number of anilines is 1. The van der Waals surface area contributed by atoms with Gasteiger partial charge in [-0.15, -0.1) is 0 Å². The number of rotatable bonds is 14. The molecule has 2 aromatic heterocycles. The molecule has 0 aliphatic carbocycles. The number of esters is 2. The standard InChI is InChI=1S/C25H42N7O10P/c1-12(2)8-14(21(35)39-6)30-43(38,31-15(9-13(3)4)22(36)40-7)41-10-16-18(33)25(5,37)23(42-16)32-11-27-17-19(32)28-24(26)29-20(17)34/h11-16,18,23,33,37H,8-10H2,1-7H3,(H2,30,31,38)(H3,26,28,29,34)/t14?,15?,16-,18-,23-,25-,43?/m1/s1. The van der Waals surface area contributed by atoms with E-state index in [0.717, 1.165) is 0 Å². The lowest BCUT2D eigenvalue weighted by Gasteiger charge is -2.30. The van der Waals surface area contributed by atoms with Gasteiger partial charge in [0.2, 0.25) is 5.95 Å². The van der Waals surface area contributed by atoms with Gasteiger partial charge in [0.05, 0.1) is 27.2 Å². The van der Waals surface area contributed by atoms with Gasteiger partial charge in [0.1, 0.15) is 29.9 Å². The van der Waals surface area contributed by atoms with E-state index in [-0.39, 0.29) is 41.8 Å². The Morgan fingerprint density at radius 1 is 1.16 bits per heavy atom. The zero-order chi connectivity index (χ0) is 32.3. The minimum Gasteiger partial charge on any atom is -0.468 e. The number of nitrogens with zero attached hydrogens (tertiary/aromatic N) is 3. The molecule has 1 aliphatic heterocycles. The summed E-state index contributed by atoms with van der Waals surface area (Å²) >= 11 is 0. The number of hydrogen-bond acceptors (Lipinski definition) is 13. The molecule has 3 rings (SSSR count). The average molecular weight is 632 g/mol. The molecular weight excluding hydrogens is 589 g/mol. The molecule has 18 heteroatoms. The van der Waals surface area contributed by atoms with E-state index in [0.29, 0.717) is 0 Å². The van der Waals surface area contributed by atoms with Gasteiger partial charge in [0.25, 0.3) is 5.56 Å². The topological polar surface area (TPSA) is 242 Å². The number of hydrogen-bond donors (Lipinski definition) is 6. The first-order valence-electron chi connectivity index (χ1n) is 13.8. The number of nitrogen functional groups attached to an aromatic ring is 1. The number of aliphatic hydroxyl groups is 2. The fourth-order valence-corrected chi connectivity index (χ4v) is 6.65. The van der Waals surface area contributed by atoms with Crippen LogP contribution in [0.1, 0.15) is 53.7 Å². The zero-order valence-electron chi connectivity index (χ0n) is 25.3. The third-order valence-electron chi connectivity index (χ3n) is 6.92. The maximum Gasteiger partial charge on any atom is 0.342 e. The molecule has 6 atom stereocenters. The summed E-state index contributed by atoms with van der Waals surface area (Å²) in [5.74, 6) is -1.64. The molecule has 0 aromatic carbocycles. The molecule has 1 aliphatic rings. The van der Waals surface area contributed by atoms with Crippen LogP contribution in [0.2, 0.25) is 0 Å². The van der Waals surface area contributed by atoms with E-state index in [4.69, 9.17) is 24.5 Å². The summed E-state index contributed by atoms with van der Waals surface area (Å²) < 4.78 is 37.0. The Bertz CT molecular complexity index is 1360. The SMILES string of the molecule is COC(=O)C(CC(C)C)NP(=O)(NC(CC(C)C)C(=O)OC)OC[C@H]1O[C@@H](n2cnc3c(=O)[nH]c(N)nc32)[C@](C)(O)[C@@H]1O. The second-order valence-electron chi connectivity index (χ2n) is 11.5. The van der Waals surface area contributed by atoms with Crippen molar-refractivity contribution in [2.45, 2.75) is 83.6 Å². The lowest BCUT2D eigenvalue weighted by Crippen LogP contribution is -2.47. The highest BCUT2D eigenvalue weighted by atomic mass is 31.2. The molecule has 0 amide bonds. The van der Waals surface area contributed by atoms with Crippen LogP contribution in [0.15, 0.2) is 11.1 Å². The van der Waals surface area contributed by atoms with Crippen molar-refractivity contribution in [3.8, 4) is 0 Å². The van der Waals surface area contributed by atoms with Crippen LogP contribution in [0.4, 0.5) is 5.95 Å². The molecule has 17 nitrogen and oxygen atoms in total. The molecule has 0 spiro atoms. The van der Waals surface area contributed by atoms with Crippen LogP contribution in [-0.4, -0.2) is 92.4 Å². The van der Waals surface area contributed by atoms with Crippen LogP contribution in [0.25, 0.3) is 11.2 Å². The predicted molar refractivity (Wildman–Crippen MR) is 153 cm³/mol. The normalized spacial score (nSPS) is 25.1. The van der Waals surface area contributed by atoms with Crippen molar-refractivity contribution >= 4 is 36.7 Å². The van der Waals surface area contributed by atoms with Crippen molar-refractivity contribution < 1.29 is 43.1 Å². The van der Waals surface area contributed by atoms with Gasteiger partial charge in [-0.3, -0.25) is 28.5 Å². The first-order chi connectivity index (χ1) is 20.0. The van der Waals surface area contributed by atoms with Crippen LogP contribution in [0, 0.1) is 11.8 Å². The predicted octanol–water partition coefficient (Wildman–Crippen LogP) is 0.190. The van der Waals surface area contributed by atoms with Gasteiger partial charge in [-0.1, -0.05) is 27.7 Å². The molecule has 242 valence electrons. The highest BCUT2D eigenvalue weighted by Gasteiger charge is 2.54. The van der Waals surface area contributed by atoms with Crippen molar-refractivity contribution in [2.24, 2.45) is 11.8 Å². The number of nitrogens with one attached hydrogen (secondary N) is 3. The second kappa shape index (κ2) is 13.8. The van der Waals surface area contributed by atoms with Crippen LogP contribution in [-0.2, 0) is 32.9 Å². The van der Waals surface area contributed by atoms with E-state index >= 15 is 0 Å². The third kappa shape index (κ3) is 7.98. The Kier molecular flexibility index (Phi) is 11.1. The van der Waals surface area contributed by atoms with Crippen molar-refractivity contribution in [2.75, 3.05) is 26.6 Å². The maximum absolute atomic E-state index is 14.3. The Hall–Kier alpha value is -2.92. The molecular formula is C25H42N7O10P. The number of imidazole rings is 1. The summed E-state index contributed by atoms with van der Waals surface area (Å²) in [4.78, 5) is 47.8. The van der Waals surface area contributed by atoms with Gasteiger partial charge in [-0.25, -0.2) is 15.2 Å². The van der Waals surface area contributed by atoms with Gasteiger partial charge >= 0.3 is 19.6 Å². The summed E-state index contributed by atoms with van der Waals surface area (Å²) in [6, 6.07) is -2.17. The molecule has 3 heterocycles. The molecule has 0 bridgehead atoms. The number of methoxy groups -OCH3 is 2. The third-order valence-corrected chi connectivity index (χ3v) is 8.73. The Labute approximate surface area is 248 Å². The smallest absolute Gasteiger partial charge is 0.342 e. The van der Waals surface area contributed by atoms with E-state index in [1.54, 1.807) is 0 Å². The van der Waals surface area contributed by atoms with Crippen LogP contribution >= 0.6 is 7.67 Å². The van der Waals surface area contributed by atoms with E-state index in [9.17, 15) is 29.2 Å². The van der Waals surface area contributed by atoms with Crippen LogP contribution < -0.4 is 21.5 Å². The lowest BCUT2D eigenvalue weighted by atomic mass is 9.96. The Morgan fingerprint density at radius 3 is 2.19 bits per heavy atom. The summed E-state index contributed by atoms with van der Waals surface area (Å²) in [6.45, 7) is 8.15. The number of aromatic amines is 1. The fourth-order valence-electron chi connectivity index (χ4n) is 4.82. The van der Waals surface area contributed by atoms with Crippen LogP contribution in [0.3, 0.4) is 0 Å². The van der Waals surface area contributed by atoms with Gasteiger partial charge in [-0.05, 0) is 31.6 Å². The van der Waals surface area contributed by atoms with E-state index in [2.05, 4.69) is 25.1 Å². The number of ether oxygens (including phenoxy) is 3. The van der Waals surface area contributed by atoms with E-state index in [1.165, 1.54) is 32.0 Å². The number of nitrogens with two attached hydrogens (primary N) is 1. The van der Waals surface area contributed by atoms with Gasteiger partial charge in [0, 0.05) is 0 Å². The molecule has 0 radical (unpaired) electrons. The quantitative estimate of drug-likeness (QED) is 0.120. The summed E-state index contributed by atoms with van der Waals surface area (Å²) in [6.07, 6.45) is -2.55. The summed E-state index contributed by atoms with van der Waals surface area (Å²) in [7, 11) is -1.92.